The minimum absolute atomic E-state index is 0.0463. The molecule has 2 amide bonds. The number of halogens is 2. The van der Waals surface area contributed by atoms with Gasteiger partial charge in [-0.15, -0.1) is 0 Å². The molecule has 2 aromatic rings. The van der Waals surface area contributed by atoms with Crippen LogP contribution in [0, 0.1) is 0 Å². The molecule has 0 aliphatic heterocycles. The molecule has 1 N–H and O–H groups in total. The van der Waals surface area contributed by atoms with Crippen LogP contribution in [0.3, 0.4) is 0 Å². The Labute approximate surface area is 222 Å². The number of sulfonamides is 1. The summed E-state index contributed by atoms with van der Waals surface area (Å²) < 4.78 is 31.5. The Morgan fingerprint density at radius 1 is 1.11 bits per heavy atom. The molecule has 1 saturated carbocycles. The van der Waals surface area contributed by atoms with Crippen molar-refractivity contribution < 1.29 is 22.7 Å². The molecule has 1 fully saturated rings. The number of anilines is 1. The summed E-state index contributed by atoms with van der Waals surface area (Å²) in [6.07, 6.45) is 4.93. The maximum Gasteiger partial charge on any atom is 0.244 e. The number of nitrogens with zero attached hydrogens (tertiary/aromatic N) is 2. The van der Waals surface area contributed by atoms with Crippen LogP contribution < -0.4 is 14.4 Å². The monoisotopic (exact) mass is 555 g/mol. The Morgan fingerprint density at radius 2 is 1.81 bits per heavy atom. The average Bonchev–Trinajstić information content (AvgIpc) is 3.35. The second-order valence-electron chi connectivity index (χ2n) is 8.91. The van der Waals surface area contributed by atoms with Crippen molar-refractivity contribution in [2.45, 2.75) is 51.2 Å². The molecule has 2 aromatic carbocycles. The summed E-state index contributed by atoms with van der Waals surface area (Å²) in [5.41, 5.74) is 0.938. The van der Waals surface area contributed by atoms with Crippen molar-refractivity contribution in [2.24, 2.45) is 0 Å². The van der Waals surface area contributed by atoms with Crippen LogP contribution in [-0.4, -0.2) is 57.1 Å². The van der Waals surface area contributed by atoms with Gasteiger partial charge in [-0.3, -0.25) is 13.9 Å². The van der Waals surface area contributed by atoms with Crippen LogP contribution in [0.1, 0.15) is 38.2 Å². The van der Waals surface area contributed by atoms with Gasteiger partial charge in [-0.25, -0.2) is 8.42 Å². The fraction of sp³-hybridized carbons (Fsp3) is 0.440. The smallest absolute Gasteiger partial charge is 0.244 e. The van der Waals surface area contributed by atoms with Gasteiger partial charge in [0.15, 0.2) is 0 Å². The van der Waals surface area contributed by atoms with Crippen LogP contribution in [0.25, 0.3) is 0 Å². The Bertz CT molecular complexity index is 1200. The Kier molecular flexibility index (Phi) is 9.49. The Hall–Kier alpha value is -2.49. The summed E-state index contributed by atoms with van der Waals surface area (Å²) in [6, 6.07) is 10.6. The quantitative estimate of drug-likeness (QED) is 0.472. The average molecular weight is 557 g/mol. The highest BCUT2D eigenvalue weighted by atomic mass is 35.5. The molecule has 0 heterocycles. The van der Waals surface area contributed by atoms with E-state index in [2.05, 4.69) is 5.32 Å². The number of hydrogen-bond donors (Lipinski definition) is 1. The summed E-state index contributed by atoms with van der Waals surface area (Å²) in [5, 5.41) is 3.71. The van der Waals surface area contributed by atoms with E-state index in [4.69, 9.17) is 27.9 Å². The Morgan fingerprint density at radius 3 is 2.42 bits per heavy atom. The third kappa shape index (κ3) is 7.27. The van der Waals surface area contributed by atoms with Gasteiger partial charge in [-0.2, -0.15) is 0 Å². The van der Waals surface area contributed by atoms with E-state index in [0.717, 1.165) is 36.2 Å². The summed E-state index contributed by atoms with van der Waals surface area (Å²) in [6.45, 7) is 1.19. The van der Waals surface area contributed by atoms with Crippen molar-refractivity contribution in [1.82, 2.24) is 10.2 Å². The van der Waals surface area contributed by atoms with Crippen LogP contribution in [0.4, 0.5) is 5.69 Å². The minimum Gasteiger partial charge on any atom is -0.497 e. The third-order valence-electron chi connectivity index (χ3n) is 6.23. The van der Waals surface area contributed by atoms with E-state index in [-0.39, 0.29) is 24.2 Å². The van der Waals surface area contributed by atoms with Gasteiger partial charge in [0.05, 0.1) is 29.1 Å². The molecular weight excluding hydrogens is 525 g/mol. The van der Waals surface area contributed by atoms with Crippen LogP contribution in [0.15, 0.2) is 42.5 Å². The van der Waals surface area contributed by atoms with Crippen molar-refractivity contribution in [3.63, 3.8) is 0 Å². The maximum absolute atomic E-state index is 13.6. The van der Waals surface area contributed by atoms with Gasteiger partial charge >= 0.3 is 0 Å². The normalized spacial score (nSPS) is 14.8. The fourth-order valence-electron chi connectivity index (χ4n) is 4.19. The van der Waals surface area contributed by atoms with Crippen molar-refractivity contribution in [3.8, 4) is 5.75 Å². The molecule has 3 rings (SSSR count). The lowest BCUT2D eigenvalue weighted by atomic mass is 10.1. The first-order valence-electron chi connectivity index (χ1n) is 11.6. The van der Waals surface area contributed by atoms with Crippen LogP contribution in [0.5, 0.6) is 5.75 Å². The van der Waals surface area contributed by atoms with Crippen LogP contribution in [0.2, 0.25) is 10.0 Å². The summed E-state index contributed by atoms with van der Waals surface area (Å²) >= 11 is 12.2. The molecule has 1 aliphatic carbocycles. The molecule has 0 aromatic heterocycles. The molecule has 36 heavy (non-hydrogen) atoms. The predicted molar refractivity (Wildman–Crippen MR) is 142 cm³/mol. The van der Waals surface area contributed by atoms with Crippen molar-refractivity contribution in [3.05, 3.63) is 58.1 Å². The highest BCUT2D eigenvalue weighted by molar-refractivity contribution is 7.92. The lowest BCUT2D eigenvalue weighted by Crippen LogP contribution is -2.52. The fourth-order valence-corrected chi connectivity index (χ4v) is 5.35. The molecule has 0 saturated heterocycles. The number of methoxy groups -OCH3 is 1. The van der Waals surface area contributed by atoms with E-state index in [0.29, 0.717) is 21.4 Å². The van der Waals surface area contributed by atoms with Gasteiger partial charge in [-0.1, -0.05) is 48.2 Å². The summed E-state index contributed by atoms with van der Waals surface area (Å²) in [4.78, 5) is 28.1. The predicted octanol–water partition coefficient (Wildman–Crippen LogP) is 4.24. The number of hydrogen-bond acceptors (Lipinski definition) is 5. The second-order valence-corrected chi connectivity index (χ2v) is 11.6. The van der Waals surface area contributed by atoms with E-state index in [1.54, 1.807) is 43.3 Å². The molecular formula is C25H31Cl2N3O5S. The zero-order valence-electron chi connectivity index (χ0n) is 20.5. The van der Waals surface area contributed by atoms with Crippen LogP contribution >= 0.6 is 23.2 Å². The van der Waals surface area contributed by atoms with E-state index in [9.17, 15) is 18.0 Å². The third-order valence-corrected chi connectivity index (χ3v) is 8.11. The van der Waals surface area contributed by atoms with E-state index in [1.165, 1.54) is 18.1 Å². The first-order valence-corrected chi connectivity index (χ1v) is 14.3. The molecule has 0 unspecified atom stereocenters. The number of carbonyl (C=O) groups is 2. The number of ether oxygens (including phenoxy) is 1. The molecule has 196 valence electrons. The molecule has 0 radical (unpaired) electrons. The number of nitrogens with one attached hydrogen (secondary N) is 1. The number of amides is 2. The highest BCUT2D eigenvalue weighted by Gasteiger charge is 2.31. The Balaban J connectivity index is 1.90. The van der Waals surface area contributed by atoms with Gasteiger partial charge in [0.25, 0.3) is 0 Å². The van der Waals surface area contributed by atoms with E-state index < -0.39 is 28.5 Å². The lowest BCUT2D eigenvalue weighted by Gasteiger charge is -2.32. The van der Waals surface area contributed by atoms with Crippen molar-refractivity contribution >= 4 is 50.7 Å². The standard InChI is InChI=1S/C25H31Cl2N3O5S/c1-17(25(32)28-19-7-4-5-8-19)29(15-18-11-12-22(26)23(27)13-18)24(31)16-30(36(3,33)34)20-9-6-10-21(14-20)35-2/h6,9-14,17,19H,4-5,7-8,15-16H2,1-3H3,(H,28,32)/t17-/m0/s1. The van der Waals surface area contributed by atoms with Crippen molar-refractivity contribution in [1.29, 1.82) is 0 Å². The first kappa shape index (κ1) is 28.1. The molecule has 0 bridgehead atoms. The molecule has 1 aliphatic rings. The van der Waals surface area contributed by atoms with Gasteiger partial charge in [0.1, 0.15) is 18.3 Å². The number of benzene rings is 2. The SMILES string of the molecule is COc1cccc(N(CC(=O)N(Cc2ccc(Cl)c(Cl)c2)[C@@H](C)C(=O)NC2CCCC2)S(C)(=O)=O)c1. The van der Waals surface area contributed by atoms with Gasteiger partial charge in [-0.05, 0) is 49.6 Å². The molecule has 1 atom stereocenters. The minimum atomic E-state index is -3.83. The molecule has 8 nitrogen and oxygen atoms in total. The number of rotatable bonds is 10. The maximum atomic E-state index is 13.6. The molecule has 11 heteroatoms. The molecule has 0 spiro atoms. The zero-order chi connectivity index (χ0) is 26.5. The van der Waals surface area contributed by atoms with Crippen molar-refractivity contribution in [2.75, 3.05) is 24.2 Å². The van der Waals surface area contributed by atoms with Gasteiger partial charge in [0, 0.05) is 18.7 Å². The number of carbonyl (C=O) groups excluding carboxylic acids is 2. The first-order chi connectivity index (χ1) is 17.0. The van der Waals surface area contributed by atoms with Gasteiger partial charge in [0.2, 0.25) is 21.8 Å². The van der Waals surface area contributed by atoms with E-state index >= 15 is 0 Å². The largest absolute Gasteiger partial charge is 0.497 e. The zero-order valence-corrected chi connectivity index (χ0v) is 22.9. The summed E-state index contributed by atoms with van der Waals surface area (Å²) in [5.74, 6) is -0.378. The second kappa shape index (κ2) is 12.2. The van der Waals surface area contributed by atoms with Crippen LogP contribution in [-0.2, 0) is 26.2 Å². The highest BCUT2D eigenvalue weighted by Crippen LogP contribution is 2.26. The lowest BCUT2D eigenvalue weighted by molar-refractivity contribution is -0.139. The topological polar surface area (TPSA) is 96.0 Å². The van der Waals surface area contributed by atoms with E-state index in [1.807, 2.05) is 0 Å². The summed E-state index contributed by atoms with van der Waals surface area (Å²) in [7, 11) is -2.36. The van der Waals surface area contributed by atoms with Gasteiger partial charge < -0.3 is 15.0 Å².